The van der Waals surface area contributed by atoms with Crippen LogP contribution in [0.3, 0.4) is 0 Å². The number of carbonyl (C=O) groups excluding carboxylic acids is 1. The van der Waals surface area contributed by atoms with Crippen LogP contribution in [-0.2, 0) is 23.8 Å². The van der Waals surface area contributed by atoms with Crippen LogP contribution in [0.15, 0.2) is 24.3 Å². The second-order valence-corrected chi connectivity index (χ2v) is 16.6. The SMILES string of the molecule is CCCCCC(O)/C=C/C1OC1CCCCCCC(C)(C)C(=O)O.CCCCCC(O)/C=C/C1OC1CCCCCCC(C)(C)C(=O)OCC(O)CO. The van der Waals surface area contributed by atoms with Crippen molar-refractivity contribution >= 4 is 11.9 Å². The number of aliphatic carboxylic acids is 1. The molecule has 0 aromatic carbocycles. The molecule has 0 bridgehead atoms. The first kappa shape index (κ1) is 49.2. The number of aliphatic hydroxyl groups excluding tert-OH is 4. The van der Waals surface area contributed by atoms with E-state index in [9.17, 15) is 24.9 Å². The number of carboxylic acids is 1. The smallest absolute Gasteiger partial charge is 0.311 e. The molecular weight excluding hydrogens is 676 g/mol. The van der Waals surface area contributed by atoms with Gasteiger partial charge in [-0.1, -0.05) is 128 Å². The van der Waals surface area contributed by atoms with Crippen molar-refractivity contribution in [1.29, 1.82) is 0 Å². The summed E-state index contributed by atoms with van der Waals surface area (Å²) in [5, 5.41) is 46.8. The minimum Gasteiger partial charge on any atom is -0.481 e. The Morgan fingerprint density at radius 1 is 0.660 bits per heavy atom. The van der Waals surface area contributed by atoms with Gasteiger partial charge in [-0.05, 0) is 66.2 Å². The third-order valence-corrected chi connectivity index (χ3v) is 10.3. The zero-order chi connectivity index (χ0) is 39.7. The maximum absolute atomic E-state index is 12.1. The Bertz CT molecular complexity index is 1020. The molecule has 2 aliphatic heterocycles. The van der Waals surface area contributed by atoms with Gasteiger partial charge in [-0.2, -0.15) is 0 Å². The molecule has 2 heterocycles. The fourth-order valence-corrected chi connectivity index (χ4v) is 6.15. The minimum atomic E-state index is -1.01. The van der Waals surface area contributed by atoms with Crippen LogP contribution in [0.4, 0.5) is 0 Å². The van der Waals surface area contributed by atoms with Crippen molar-refractivity contribution in [2.45, 2.75) is 213 Å². The quantitative estimate of drug-likeness (QED) is 0.0201. The van der Waals surface area contributed by atoms with Gasteiger partial charge in [0.25, 0.3) is 0 Å². The molecule has 10 nitrogen and oxygen atoms in total. The Morgan fingerprint density at radius 3 is 1.51 bits per heavy atom. The van der Waals surface area contributed by atoms with Gasteiger partial charge in [0.05, 0.1) is 41.9 Å². The fourth-order valence-electron chi connectivity index (χ4n) is 6.15. The predicted octanol–water partition coefficient (Wildman–Crippen LogP) is 8.22. The number of rotatable bonds is 31. The van der Waals surface area contributed by atoms with Crippen LogP contribution in [-0.4, -0.2) is 93.4 Å². The molecule has 0 spiro atoms. The van der Waals surface area contributed by atoms with E-state index in [2.05, 4.69) is 13.8 Å². The predicted molar refractivity (Wildman–Crippen MR) is 211 cm³/mol. The van der Waals surface area contributed by atoms with E-state index in [0.717, 1.165) is 103 Å². The average molecular weight is 755 g/mol. The van der Waals surface area contributed by atoms with Crippen molar-refractivity contribution in [3.8, 4) is 0 Å². The van der Waals surface area contributed by atoms with E-state index in [0.29, 0.717) is 12.2 Å². The fraction of sp³-hybridized carbons (Fsp3) is 0.860. The summed E-state index contributed by atoms with van der Waals surface area (Å²) in [6.45, 7) is 11.0. The molecule has 310 valence electrons. The molecular formula is C43H78O10. The number of unbranched alkanes of at least 4 members (excludes halogenated alkanes) is 10. The molecule has 0 aliphatic carbocycles. The largest absolute Gasteiger partial charge is 0.481 e. The minimum absolute atomic E-state index is 0.161. The Kier molecular flexibility index (Phi) is 25.7. The molecule has 0 saturated carbocycles. The first-order chi connectivity index (χ1) is 25.2. The van der Waals surface area contributed by atoms with Crippen molar-refractivity contribution in [1.82, 2.24) is 0 Å². The lowest BCUT2D eigenvalue weighted by Crippen LogP contribution is -2.30. The molecule has 0 aromatic rings. The Hall–Kier alpha value is -1.82. The molecule has 10 heteroatoms. The first-order valence-electron chi connectivity index (χ1n) is 20.9. The molecule has 5 N–H and O–H groups in total. The number of hydrogen-bond acceptors (Lipinski definition) is 9. The maximum atomic E-state index is 12.1. The third-order valence-electron chi connectivity index (χ3n) is 10.3. The normalized spacial score (nSPS) is 21.6. The van der Waals surface area contributed by atoms with Crippen molar-refractivity contribution in [3.05, 3.63) is 24.3 Å². The summed E-state index contributed by atoms with van der Waals surface area (Å²) < 4.78 is 16.3. The summed E-state index contributed by atoms with van der Waals surface area (Å²) in [4.78, 5) is 23.1. The summed E-state index contributed by atoms with van der Waals surface area (Å²) >= 11 is 0. The van der Waals surface area contributed by atoms with Crippen molar-refractivity contribution in [3.63, 3.8) is 0 Å². The van der Waals surface area contributed by atoms with E-state index in [-0.39, 0.29) is 37.0 Å². The molecule has 0 aromatic heterocycles. The van der Waals surface area contributed by atoms with E-state index in [1.807, 2.05) is 38.2 Å². The Balaban J connectivity index is 0.000000540. The van der Waals surface area contributed by atoms with Gasteiger partial charge in [-0.15, -0.1) is 0 Å². The van der Waals surface area contributed by atoms with Gasteiger partial charge in [0.2, 0.25) is 0 Å². The van der Waals surface area contributed by atoms with Crippen LogP contribution >= 0.6 is 0 Å². The van der Waals surface area contributed by atoms with Crippen LogP contribution < -0.4 is 0 Å². The number of carbonyl (C=O) groups is 2. The van der Waals surface area contributed by atoms with E-state index in [1.54, 1.807) is 13.8 Å². The lowest BCUT2D eigenvalue weighted by molar-refractivity contribution is -0.158. The number of epoxide rings is 2. The molecule has 7 atom stereocenters. The van der Waals surface area contributed by atoms with Gasteiger partial charge < -0.3 is 39.7 Å². The van der Waals surface area contributed by atoms with Crippen LogP contribution in [0.5, 0.6) is 0 Å². The molecule has 0 amide bonds. The topological polar surface area (TPSA) is 170 Å². The second kappa shape index (κ2) is 27.7. The van der Waals surface area contributed by atoms with Gasteiger partial charge in [0.1, 0.15) is 24.9 Å². The highest BCUT2D eigenvalue weighted by molar-refractivity contribution is 5.75. The maximum Gasteiger partial charge on any atom is 0.311 e. The van der Waals surface area contributed by atoms with Crippen molar-refractivity contribution < 1.29 is 49.3 Å². The third kappa shape index (κ3) is 24.3. The Labute approximate surface area is 321 Å². The zero-order valence-electron chi connectivity index (χ0n) is 34.2. The number of aliphatic hydroxyl groups is 4. The van der Waals surface area contributed by atoms with Crippen molar-refractivity contribution in [2.75, 3.05) is 13.2 Å². The number of hydrogen-bond donors (Lipinski definition) is 5. The van der Waals surface area contributed by atoms with Crippen molar-refractivity contribution in [2.24, 2.45) is 10.8 Å². The summed E-state index contributed by atoms with van der Waals surface area (Å²) in [7, 11) is 0. The van der Waals surface area contributed by atoms with Gasteiger partial charge in [0.15, 0.2) is 0 Å². The van der Waals surface area contributed by atoms with Gasteiger partial charge in [-0.3, -0.25) is 9.59 Å². The molecule has 0 radical (unpaired) electrons. The average Bonchev–Trinajstić information content (AvgIpc) is 4.05. The van der Waals surface area contributed by atoms with Crippen LogP contribution in [0, 0.1) is 10.8 Å². The highest BCUT2D eigenvalue weighted by Crippen LogP contribution is 2.31. The molecule has 7 unspecified atom stereocenters. The monoisotopic (exact) mass is 755 g/mol. The van der Waals surface area contributed by atoms with E-state index in [4.69, 9.17) is 24.4 Å². The second-order valence-electron chi connectivity index (χ2n) is 16.6. The summed E-state index contributed by atoms with van der Waals surface area (Å²) in [6, 6.07) is 0. The molecule has 2 aliphatic rings. The Morgan fingerprint density at radius 2 is 1.09 bits per heavy atom. The molecule has 2 saturated heterocycles. The lowest BCUT2D eigenvalue weighted by Gasteiger charge is -2.23. The highest BCUT2D eigenvalue weighted by atomic mass is 16.6. The standard InChI is InChI=1S/C23H42O6.C20H36O4/c1-4-5-8-11-18(25)13-14-21-20(29-21)12-9-6-7-10-15-23(2,3)22(27)28-17-19(26)16-24;1-4-5-8-11-16(21)13-14-18-17(24-18)12-9-6-7-10-15-20(2,3)19(22)23/h13-14,18-21,24-26H,4-12,15-17H2,1-3H3;13-14,16-18,21H,4-12,15H2,1-3H3,(H,22,23)/b2*14-13+. The van der Waals surface area contributed by atoms with E-state index < -0.39 is 29.5 Å². The summed E-state index contributed by atoms with van der Waals surface area (Å²) in [6.07, 6.45) is 27.6. The number of ether oxygens (including phenoxy) is 3. The van der Waals surface area contributed by atoms with Crippen LogP contribution in [0.2, 0.25) is 0 Å². The summed E-state index contributed by atoms with van der Waals surface area (Å²) in [5.41, 5.74) is -1.18. The van der Waals surface area contributed by atoms with Crippen LogP contribution in [0.25, 0.3) is 0 Å². The van der Waals surface area contributed by atoms with Crippen LogP contribution in [0.1, 0.15) is 170 Å². The highest BCUT2D eigenvalue weighted by Gasteiger charge is 2.36. The molecule has 53 heavy (non-hydrogen) atoms. The van der Waals surface area contributed by atoms with E-state index >= 15 is 0 Å². The summed E-state index contributed by atoms with van der Waals surface area (Å²) in [5.74, 6) is -1.04. The molecule has 2 rings (SSSR count). The van der Waals surface area contributed by atoms with Gasteiger partial charge >= 0.3 is 11.9 Å². The van der Waals surface area contributed by atoms with Gasteiger partial charge in [-0.25, -0.2) is 0 Å². The first-order valence-corrected chi connectivity index (χ1v) is 20.9. The lowest BCUT2D eigenvalue weighted by atomic mass is 9.87. The molecule has 2 fully saturated rings. The number of esters is 1. The number of carboxylic acid groups (broad SMARTS) is 1. The van der Waals surface area contributed by atoms with Gasteiger partial charge in [0, 0.05) is 0 Å². The van der Waals surface area contributed by atoms with E-state index in [1.165, 1.54) is 25.7 Å². The zero-order valence-corrected chi connectivity index (χ0v) is 34.2.